The van der Waals surface area contributed by atoms with E-state index in [1.807, 2.05) is 46.7 Å². The molecule has 1 aromatic heterocycles. The van der Waals surface area contributed by atoms with Crippen LogP contribution in [0.5, 0.6) is 0 Å². The maximum Gasteiger partial charge on any atom is 0.260 e. The average Bonchev–Trinajstić information content (AvgIpc) is 3.40. The van der Waals surface area contributed by atoms with Crippen LogP contribution in [0.4, 0.5) is 4.39 Å². The van der Waals surface area contributed by atoms with E-state index in [0.29, 0.717) is 27.8 Å². The van der Waals surface area contributed by atoms with Crippen LogP contribution in [0.15, 0.2) is 70.9 Å². The van der Waals surface area contributed by atoms with Crippen LogP contribution < -0.4 is 5.32 Å². The molecule has 1 aliphatic carbocycles. The van der Waals surface area contributed by atoms with E-state index in [1.165, 1.54) is 6.07 Å². The number of hydrogen-bond acceptors (Lipinski definition) is 4. The number of thiophene rings is 1. The number of amides is 2. The third kappa shape index (κ3) is 5.52. The summed E-state index contributed by atoms with van der Waals surface area (Å²) < 4.78 is 14.4. The highest BCUT2D eigenvalue weighted by Gasteiger charge is 2.40. The molecule has 2 amide bonds. The molecule has 2 atom stereocenters. The summed E-state index contributed by atoms with van der Waals surface area (Å²) in [4.78, 5) is 29.7. The van der Waals surface area contributed by atoms with E-state index in [0.717, 1.165) is 36.1 Å². The summed E-state index contributed by atoms with van der Waals surface area (Å²) in [6.45, 7) is 0.793. The Morgan fingerprint density at radius 1 is 1.06 bits per heavy atom. The van der Waals surface area contributed by atoms with Gasteiger partial charge < -0.3 is 10.2 Å². The summed E-state index contributed by atoms with van der Waals surface area (Å²) in [5.74, 6) is -0.439. The normalized spacial score (nSPS) is 21.1. The number of fused-ring (bicyclic) bond motifs is 1. The van der Waals surface area contributed by atoms with Crippen molar-refractivity contribution in [3.05, 3.63) is 98.3 Å². The zero-order valence-corrected chi connectivity index (χ0v) is 20.9. The fourth-order valence-corrected chi connectivity index (χ4v) is 6.85. The third-order valence-corrected chi connectivity index (χ3v) is 8.87. The van der Waals surface area contributed by atoms with E-state index in [4.69, 9.17) is 0 Å². The Balaban J connectivity index is 1.33. The second-order valence-electron chi connectivity index (χ2n) is 8.93. The summed E-state index contributed by atoms with van der Waals surface area (Å²) in [7, 11) is 0. The SMILES string of the molecule is O=C(NCc1cccs1)c1ccc(/C=C2\SC3CCCCC3N(Cc3ccccc3F)C2=O)cc1. The Morgan fingerprint density at radius 3 is 2.63 bits per heavy atom. The summed E-state index contributed by atoms with van der Waals surface area (Å²) >= 11 is 3.26. The number of carbonyl (C=O) groups is 2. The van der Waals surface area contributed by atoms with E-state index in [-0.39, 0.29) is 30.2 Å². The molecule has 2 heterocycles. The lowest BCUT2D eigenvalue weighted by Gasteiger charge is -2.44. The quantitative estimate of drug-likeness (QED) is 0.402. The van der Waals surface area contributed by atoms with Crippen LogP contribution in [0.25, 0.3) is 6.08 Å². The number of thioether (sulfide) groups is 1. The van der Waals surface area contributed by atoms with Crippen LogP contribution in [0, 0.1) is 5.82 Å². The minimum absolute atomic E-state index is 0.0424. The maximum absolute atomic E-state index is 14.4. The van der Waals surface area contributed by atoms with Gasteiger partial charge in [0.05, 0.1) is 11.4 Å². The van der Waals surface area contributed by atoms with Crippen LogP contribution in [0.3, 0.4) is 0 Å². The van der Waals surface area contributed by atoms with Gasteiger partial charge in [0, 0.05) is 33.8 Å². The summed E-state index contributed by atoms with van der Waals surface area (Å²) in [6, 6.07) is 18.1. The molecule has 1 saturated heterocycles. The van der Waals surface area contributed by atoms with Crippen LogP contribution in [0.1, 0.15) is 52.0 Å². The molecule has 2 fully saturated rings. The van der Waals surface area contributed by atoms with Crippen molar-refractivity contribution in [2.45, 2.75) is 50.1 Å². The molecule has 0 bridgehead atoms. The lowest BCUT2D eigenvalue weighted by Crippen LogP contribution is -2.50. The number of benzene rings is 2. The smallest absolute Gasteiger partial charge is 0.260 e. The Kier molecular flexibility index (Phi) is 7.35. The van der Waals surface area contributed by atoms with E-state index in [9.17, 15) is 14.0 Å². The Bertz CT molecular complexity index is 1220. The first-order valence-electron chi connectivity index (χ1n) is 11.9. The largest absolute Gasteiger partial charge is 0.347 e. The first-order valence-corrected chi connectivity index (χ1v) is 13.7. The predicted octanol–water partition coefficient (Wildman–Crippen LogP) is 6.24. The van der Waals surface area contributed by atoms with Crippen molar-refractivity contribution >= 4 is 41.0 Å². The Hall–Kier alpha value is -2.90. The minimum Gasteiger partial charge on any atom is -0.347 e. The molecule has 1 aliphatic heterocycles. The molecule has 0 spiro atoms. The molecular weight excluding hydrogens is 479 g/mol. The molecule has 2 aromatic carbocycles. The first-order chi connectivity index (χ1) is 17.1. The van der Waals surface area contributed by atoms with Crippen molar-refractivity contribution in [3.63, 3.8) is 0 Å². The zero-order valence-electron chi connectivity index (χ0n) is 19.3. The summed E-state index contributed by atoms with van der Waals surface area (Å²) in [5, 5.41) is 5.24. The number of halogens is 1. The zero-order chi connectivity index (χ0) is 24.2. The van der Waals surface area contributed by atoms with E-state index >= 15 is 0 Å². The maximum atomic E-state index is 14.4. The monoisotopic (exact) mass is 506 g/mol. The molecule has 5 rings (SSSR count). The molecule has 1 N–H and O–H groups in total. The Morgan fingerprint density at radius 2 is 1.86 bits per heavy atom. The molecule has 1 saturated carbocycles. The Labute approximate surface area is 213 Å². The molecule has 2 unspecified atom stereocenters. The van der Waals surface area contributed by atoms with Crippen LogP contribution >= 0.6 is 23.1 Å². The lowest BCUT2D eigenvalue weighted by molar-refractivity contribution is -0.130. The fraction of sp³-hybridized carbons (Fsp3) is 0.286. The highest BCUT2D eigenvalue weighted by atomic mass is 32.2. The van der Waals surface area contributed by atoms with Crippen LogP contribution in [0.2, 0.25) is 0 Å². The van der Waals surface area contributed by atoms with Crippen LogP contribution in [-0.2, 0) is 17.9 Å². The van der Waals surface area contributed by atoms with E-state index in [2.05, 4.69) is 5.32 Å². The number of nitrogens with one attached hydrogen (secondary N) is 1. The molecule has 2 aliphatic rings. The number of hydrogen-bond donors (Lipinski definition) is 1. The van der Waals surface area contributed by atoms with Gasteiger partial charge in [0.15, 0.2) is 0 Å². The van der Waals surface area contributed by atoms with Crippen molar-refractivity contribution in [2.75, 3.05) is 0 Å². The van der Waals surface area contributed by atoms with E-state index in [1.54, 1.807) is 47.4 Å². The lowest BCUT2D eigenvalue weighted by atomic mass is 9.92. The third-order valence-electron chi connectivity index (χ3n) is 6.59. The second kappa shape index (κ2) is 10.8. The first kappa shape index (κ1) is 23.8. The van der Waals surface area contributed by atoms with Gasteiger partial charge in [-0.2, -0.15) is 0 Å². The van der Waals surface area contributed by atoms with Gasteiger partial charge in [0.2, 0.25) is 0 Å². The molecule has 7 heteroatoms. The van der Waals surface area contributed by atoms with Gasteiger partial charge in [-0.3, -0.25) is 9.59 Å². The van der Waals surface area contributed by atoms with Gasteiger partial charge in [-0.05, 0) is 54.1 Å². The summed E-state index contributed by atoms with van der Waals surface area (Å²) in [6.07, 6.45) is 6.16. The van der Waals surface area contributed by atoms with Crippen molar-refractivity contribution in [1.29, 1.82) is 0 Å². The summed E-state index contributed by atoms with van der Waals surface area (Å²) in [5.41, 5.74) is 2.00. The van der Waals surface area contributed by atoms with Crippen molar-refractivity contribution in [2.24, 2.45) is 0 Å². The standard InChI is InChI=1S/C28H27FN2O2S2/c29-23-8-2-1-6-21(23)18-31-24-9-3-4-10-25(24)35-26(28(31)33)16-19-11-13-20(14-12-19)27(32)30-17-22-7-5-15-34-22/h1-2,5-8,11-16,24-25H,3-4,9-10,17-18H2,(H,30,32)/b26-16-. The predicted molar refractivity (Wildman–Crippen MR) is 140 cm³/mol. The van der Waals surface area contributed by atoms with Gasteiger partial charge in [-0.15, -0.1) is 23.1 Å². The molecule has 35 heavy (non-hydrogen) atoms. The van der Waals surface area contributed by atoms with Gasteiger partial charge in [0.25, 0.3) is 11.8 Å². The number of carbonyl (C=O) groups excluding carboxylic acids is 2. The fourth-order valence-electron chi connectivity index (χ4n) is 4.74. The average molecular weight is 507 g/mol. The number of nitrogens with zero attached hydrogens (tertiary/aromatic N) is 1. The van der Waals surface area contributed by atoms with Gasteiger partial charge in [-0.1, -0.05) is 49.2 Å². The van der Waals surface area contributed by atoms with Crippen molar-refractivity contribution in [1.82, 2.24) is 10.2 Å². The number of rotatable bonds is 6. The van der Waals surface area contributed by atoms with Gasteiger partial charge in [0.1, 0.15) is 5.82 Å². The highest BCUT2D eigenvalue weighted by molar-refractivity contribution is 8.04. The molecule has 4 nitrogen and oxygen atoms in total. The topological polar surface area (TPSA) is 49.4 Å². The molecule has 3 aromatic rings. The van der Waals surface area contributed by atoms with Crippen molar-refractivity contribution < 1.29 is 14.0 Å². The van der Waals surface area contributed by atoms with E-state index < -0.39 is 0 Å². The highest BCUT2D eigenvalue weighted by Crippen LogP contribution is 2.42. The molecular formula is C28H27FN2O2S2. The second-order valence-corrected chi connectivity index (χ2v) is 11.2. The van der Waals surface area contributed by atoms with Crippen molar-refractivity contribution in [3.8, 4) is 0 Å². The minimum atomic E-state index is -0.274. The van der Waals surface area contributed by atoms with Crippen LogP contribution in [-0.4, -0.2) is 28.0 Å². The van der Waals surface area contributed by atoms with Gasteiger partial charge >= 0.3 is 0 Å². The van der Waals surface area contributed by atoms with Gasteiger partial charge in [-0.25, -0.2) is 4.39 Å². The molecule has 0 radical (unpaired) electrons. The molecule has 180 valence electrons.